The van der Waals surface area contributed by atoms with Crippen LogP contribution in [-0.4, -0.2) is 12.0 Å². The fraction of sp³-hybridized carbons (Fsp3) is 0.250. The van der Waals surface area contributed by atoms with Crippen LogP contribution in [0.2, 0.25) is 0 Å². The summed E-state index contributed by atoms with van der Waals surface area (Å²) in [6, 6.07) is 9.90. The maximum absolute atomic E-state index is 10.7. The van der Waals surface area contributed by atoms with E-state index >= 15 is 0 Å². The summed E-state index contributed by atoms with van der Waals surface area (Å²) < 4.78 is 5.25. The molecule has 0 aliphatic rings. The van der Waals surface area contributed by atoms with Crippen LogP contribution in [-0.2, 0) is 16.0 Å². The van der Waals surface area contributed by atoms with E-state index in [2.05, 4.69) is 6.58 Å². The highest BCUT2D eigenvalue weighted by Gasteiger charge is 2.09. The largest absolute Gasteiger partial charge is 0.485 e. The number of ether oxygens (including phenoxy) is 1. The molecule has 0 heterocycles. The SMILES string of the molecule is C=C(OC(C)Cc1ccccc1)C(N)=O. The van der Waals surface area contributed by atoms with Crippen molar-refractivity contribution in [3.05, 3.63) is 48.2 Å². The summed E-state index contributed by atoms with van der Waals surface area (Å²) >= 11 is 0. The van der Waals surface area contributed by atoms with Gasteiger partial charge in [-0.05, 0) is 12.5 Å². The van der Waals surface area contributed by atoms with Gasteiger partial charge in [-0.3, -0.25) is 4.79 Å². The second-order valence-corrected chi connectivity index (χ2v) is 3.41. The van der Waals surface area contributed by atoms with Gasteiger partial charge in [-0.1, -0.05) is 36.9 Å². The fourth-order valence-electron chi connectivity index (χ4n) is 1.29. The molecule has 1 aromatic rings. The van der Waals surface area contributed by atoms with E-state index < -0.39 is 5.91 Å². The average Bonchev–Trinajstić information content (AvgIpc) is 2.18. The second-order valence-electron chi connectivity index (χ2n) is 3.41. The molecular weight excluding hydrogens is 190 g/mol. The third-order valence-corrected chi connectivity index (χ3v) is 1.98. The molecule has 0 bridgehead atoms. The lowest BCUT2D eigenvalue weighted by atomic mass is 10.1. The van der Waals surface area contributed by atoms with Crippen molar-refractivity contribution >= 4 is 5.91 Å². The maximum Gasteiger partial charge on any atom is 0.283 e. The summed E-state index contributed by atoms with van der Waals surface area (Å²) in [6.45, 7) is 5.32. The van der Waals surface area contributed by atoms with Crippen molar-refractivity contribution in [1.29, 1.82) is 0 Å². The van der Waals surface area contributed by atoms with Gasteiger partial charge in [-0.15, -0.1) is 0 Å². The first-order valence-corrected chi connectivity index (χ1v) is 4.79. The molecule has 1 aromatic carbocycles. The Kier molecular flexibility index (Phi) is 3.92. The first kappa shape index (κ1) is 11.3. The molecule has 80 valence electrons. The van der Waals surface area contributed by atoms with E-state index in [1.807, 2.05) is 37.3 Å². The van der Waals surface area contributed by atoms with Crippen LogP contribution in [0.25, 0.3) is 0 Å². The van der Waals surface area contributed by atoms with Crippen molar-refractivity contribution in [2.24, 2.45) is 5.73 Å². The Labute approximate surface area is 89.5 Å². The molecule has 3 nitrogen and oxygen atoms in total. The number of rotatable bonds is 5. The minimum Gasteiger partial charge on any atom is -0.485 e. The van der Waals surface area contributed by atoms with E-state index in [-0.39, 0.29) is 11.9 Å². The van der Waals surface area contributed by atoms with Crippen LogP contribution in [0.4, 0.5) is 0 Å². The molecule has 0 aliphatic carbocycles. The Hall–Kier alpha value is -1.77. The van der Waals surface area contributed by atoms with Gasteiger partial charge in [0.1, 0.15) is 6.10 Å². The molecule has 0 saturated heterocycles. The predicted octanol–water partition coefficient (Wildman–Crippen LogP) is 1.63. The molecule has 1 amide bonds. The second kappa shape index (κ2) is 5.20. The van der Waals surface area contributed by atoms with Crippen molar-refractivity contribution in [3.8, 4) is 0 Å². The smallest absolute Gasteiger partial charge is 0.283 e. The molecule has 0 saturated carbocycles. The number of primary amides is 1. The highest BCUT2D eigenvalue weighted by molar-refractivity contribution is 5.89. The van der Waals surface area contributed by atoms with Gasteiger partial charge in [0.15, 0.2) is 5.76 Å². The quantitative estimate of drug-likeness (QED) is 0.586. The van der Waals surface area contributed by atoms with Gasteiger partial charge in [0, 0.05) is 6.42 Å². The Morgan fingerprint density at radius 2 is 2.07 bits per heavy atom. The summed E-state index contributed by atoms with van der Waals surface area (Å²) in [5.41, 5.74) is 6.17. The van der Waals surface area contributed by atoms with E-state index in [1.54, 1.807) is 0 Å². The molecular formula is C12H15NO2. The molecule has 15 heavy (non-hydrogen) atoms. The lowest BCUT2D eigenvalue weighted by molar-refractivity contribution is -0.118. The Morgan fingerprint density at radius 3 is 2.60 bits per heavy atom. The summed E-state index contributed by atoms with van der Waals surface area (Å²) in [6.07, 6.45) is 0.625. The zero-order valence-electron chi connectivity index (χ0n) is 8.77. The van der Waals surface area contributed by atoms with Crippen LogP contribution >= 0.6 is 0 Å². The van der Waals surface area contributed by atoms with E-state index in [4.69, 9.17) is 10.5 Å². The van der Waals surface area contributed by atoms with Crippen LogP contribution in [0.5, 0.6) is 0 Å². The summed E-state index contributed by atoms with van der Waals surface area (Å²) in [7, 11) is 0. The zero-order chi connectivity index (χ0) is 11.3. The number of nitrogens with two attached hydrogens (primary N) is 1. The summed E-state index contributed by atoms with van der Waals surface area (Å²) in [5.74, 6) is -0.603. The van der Waals surface area contributed by atoms with Gasteiger partial charge in [0.05, 0.1) is 0 Å². The van der Waals surface area contributed by atoms with E-state index in [0.29, 0.717) is 0 Å². The van der Waals surface area contributed by atoms with E-state index in [1.165, 1.54) is 0 Å². The number of hydrogen-bond donors (Lipinski definition) is 1. The predicted molar refractivity (Wildman–Crippen MR) is 59.0 cm³/mol. The maximum atomic E-state index is 10.7. The molecule has 3 heteroatoms. The molecule has 1 rings (SSSR count). The van der Waals surface area contributed by atoms with E-state index in [9.17, 15) is 4.79 Å². The van der Waals surface area contributed by atoms with Gasteiger partial charge >= 0.3 is 0 Å². The molecule has 1 atom stereocenters. The van der Waals surface area contributed by atoms with Crippen LogP contribution < -0.4 is 5.73 Å². The number of amides is 1. The van der Waals surface area contributed by atoms with Crippen LogP contribution in [0.15, 0.2) is 42.7 Å². The van der Waals surface area contributed by atoms with E-state index in [0.717, 1.165) is 12.0 Å². The lowest BCUT2D eigenvalue weighted by Crippen LogP contribution is -2.20. The van der Waals surface area contributed by atoms with Crippen molar-refractivity contribution < 1.29 is 9.53 Å². The summed E-state index contributed by atoms with van der Waals surface area (Å²) in [5, 5.41) is 0. The molecule has 0 radical (unpaired) electrons. The molecule has 0 spiro atoms. The van der Waals surface area contributed by atoms with Crippen molar-refractivity contribution in [2.45, 2.75) is 19.4 Å². The third kappa shape index (κ3) is 3.85. The molecule has 0 aromatic heterocycles. The number of benzene rings is 1. The highest BCUT2D eigenvalue weighted by atomic mass is 16.5. The van der Waals surface area contributed by atoms with Gasteiger partial charge in [-0.2, -0.15) is 0 Å². The molecule has 0 aliphatic heterocycles. The highest BCUT2D eigenvalue weighted by Crippen LogP contribution is 2.08. The van der Waals surface area contributed by atoms with Gasteiger partial charge in [-0.25, -0.2) is 0 Å². The first-order valence-electron chi connectivity index (χ1n) is 4.79. The normalized spacial score (nSPS) is 11.8. The standard InChI is InChI=1S/C12H15NO2/c1-9(15-10(2)12(13)14)8-11-6-4-3-5-7-11/h3-7,9H,2,8H2,1H3,(H2,13,14). The number of carbonyl (C=O) groups is 1. The van der Waals surface area contributed by atoms with Gasteiger partial charge in [0.25, 0.3) is 5.91 Å². The Morgan fingerprint density at radius 1 is 1.47 bits per heavy atom. The third-order valence-electron chi connectivity index (χ3n) is 1.98. The fourth-order valence-corrected chi connectivity index (χ4v) is 1.29. The van der Waals surface area contributed by atoms with Crippen molar-refractivity contribution in [3.63, 3.8) is 0 Å². The Balaban J connectivity index is 2.46. The van der Waals surface area contributed by atoms with Crippen molar-refractivity contribution in [1.82, 2.24) is 0 Å². The molecule has 2 N–H and O–H groups in total. The minimum atomic E-state index is -0.616. The van der Waals surface area contributed by atoms with Crippen LogP contribution in [0.1, 0.15) is 12.5 Å². The first-order chi connectivity index (χ1) is 7.09. The van der Waals surface area contributed by atoms with Crippen LogP contribution in [0.3, 0.4) is 0 Å². The lowest BCUT2D eigenvalue weighted by Gasteiger charge is -2.14. The topological polar surface area (TPSA) is 52.3 Å². The minimum absolute atomic E-state index is 0.0124. The van der Waals surface area contributed by atoms with Gasteiger partial charge < -0.3 is 10.5 Å². The summed E-state index contributed by atoms with van der Waals surface area (Å²) in [4.78, 5) is 10.7. The number of carbonyl (C=O) groups excluding carboxylic acids is 1. The van der Waals surface area contributed by atoms with Gasteiger partial charge in [0.2, 0.25) is 0 Å². The Bertz CT molecular complexity index is 346. The van der Waals surface area contributed by atoms with Crippen LogP contribution in [0, 0.1) is 0 Å². The monoisotopic (exact) mass is 205 g/mol. The molecule has 1 unspecified atom stereocenters. The zero-order valence-corrected chi connectivity index (χ0v) is 8.77. The number of hydrogen-bond acceptors (Lipinski definition) is 2. The van der Waals surface area contributed by atoms with Crippen molar-refractivity contribution in [2.75, 3.05) is 0 Å². The molecule has 0 fully saturated rings. The average molecular weight is 205 g/mol.